The summed E-state index contributed by atoms with van der Waals surface area (Å²) >= 11 is 0. The first kappa shape index (κ1) is 19.6. The van der Waals surface area contributed by atoms with Gasteiger partial charge in [0.1, 0.15) is 17.2 Å². The molecule has 3 aromatic rings. The van der Waals surface area contributed by atoms with Gasteiger partial charge in [0.2, 0.25) is 0 Å². The Balaban J connectivity index is 1.57. The van der Waals surface area contributed by atoms with Crippen molar-refractivity contribution < 1.29 is 14.3 Å². The minimum Gasteiger partial charge on any atom is -0.457 e. The van der Waals surface area contributed by atoms with E-state index in [1.807, 2.05) is 24.3 Å². The zero-order valence-corrected chi connectivity index (χ0v) is 15.5. The van der Waals surface area contributed by atoms with Gasteiger partial charge in [0.15, 0.2) is 0 Å². The number of nitrogens with one attached hydrogen (secondary N) is 1. The summed E-state index contributed by atoms with van der Waals surface area (Å²) in [5.74, 6) is 0.238. The molecule has 7 nitrogen and oxygen atoms in total. The third-order valence-corrected chi connectivity index (χ3v) is 4.09. The molecule has 2 amide bonds. The molecule has 0 spiro atoms. The van der Waals surface area contributed by atoms with E-state index in [2.05, 4.69) is 10.3 Å². The predicted molar refractivity (Wildman–Crippen MR) is 106 cm³/mol. The van der Waals surface area contributed by atoms with Gasteiger partial charge in [0.25, 0.3) is 11.8 Å². The molecule has 0 radical (unpaired) electrons. The number of carbonyl (C=O) groups excluding carboxylic acids is 2. The Kier molecular flexibility index (Phi) is 6.18. The molecule has 0 saturated carbocycles. The zero-order chi connectivity index (χ0) is 20.6. The normalized spacial score (nSPS) is 10.0. The van der Waals surface area contributed by atoms with Crippen molar-refractivity contribution in [2.24, 2.45) is 5.73 Å². The Morgan fingerprint density at radius 3 is 2.55 bits per heavy atom. The van der Waals surface area contributed by atoms with Gasteiger partial charge in [0.05, 0.1) is 11.6 Å². The fourth-order valence-corrected chi connectivity index (χ4v) is 2.63. The summed E-state index contributed by atoms with van der Waals surface area (Å²) in [5.41, 5.74) is 7.35. The fourth-order valence-electron chi connectivity index (χ4n) is 2.63. The quantitative estimate of drug-likeness (QED) is 0.647. The van der Waals surface area contributed by atoms with Crippen LogP contribution in [0.15, 0.2) is 66.9 Å². The maximum absolute atomic E-state index is 12.2. The Bertz CT molecular complexity index is 1070. The number of nitrogens with two attached hydrogens (primary N) is 1. The maximum Gasteiger partial charge on any atom is 0.267 e. The monoisotopic (exact) mass is 386 g/mol. The molecule has 0 aliphatic carbocycles. The molecule has 0 saturated heterocycles. The van der Waals surface area contributed by atoms with Gasteiger partial charge in [-0.15, -0.1) is 0 Å². The fraction of sp³-hybridized carbons (Fsp3) is 0.0909. The Hall–Kier alpha value is -4.18. The molecule has 2 aromatic carbocycles. The van der Waals surface area contributed by atoms with Gasteiger partial charge in [-0.2, -0.15) is 5.26 Å². The molecule has 1 aromatic heterocycles. The van der Waals surface area contributed by atoms with Gasteiger partial charge in [-0.1, -0.05) is 12.1 Å². The molecular formula is C22H18N4O3. The van der Waals surface area contributed by atoms with Crippen LogP contribution in [-0.4, -0.2) is 23.3 Å². The minimum atomic E-state index is -0.623. The van der Waals surface area contributed by atoms with E-state index in [1.165, 1.54) is 12.3 Å². The molecule has 0 unspecified atom stereocenters. The van der Waals surface area contributed by atoms with Crippen molar-refractivity contribution in [1.82, 2.24) is 10.3 Å². The van der Waals surface area contributed by atoms with E-state index in [4.69, 9.17) is 15.7 Å². The van der Waals surface area contributed by atoms with Gasteiger partial charge < -0.3 is 15.8 Å². The van der Waals surface area contributed by atoms with Crippen molar-refractivity contribution >= 4 is 11.8 Å². The number of amides is 2. The Morgan fingerprint density at radius 2 is 1.83 bits per heavy atom. The molecule has 3 rings (SSSR count). The van der Waals surface area contributed by atoms with E-state index in [0.717, 1.165) is 5.56 Å². The van der Waals surface area contributed by atoms with Gasteiger partial charge in [-0.05, 0) is 54.4 Å². The molecule has 0 bridgehead atoms. The summed E-state index contributed by atoms with van der Waals surface area (Å²) in [6, 6.07) is 19.0. The standard InChI is InChI=1S/C22H18N4O3/c23-14-16-4-6-17(7-5-16)22(28)26-10-8-15-2-1-3-18(12-15)29-19-9-11-25-20(13-19)21(24)27/h1-7,9,11-13H,8,10H2,(H2,24,27)(H,26,28). The second kappa shape index (κ2) is 9.15. The van der Waals surface area contributed by atoms with Crippen molar-refractivity contribution in [1.29, 1.82) is 5.26 Å². The average Bonchev–Trinajstić information content (AvgIpc) is 2.74. The number of hydrogen-bond acceptors (Lipinski definition) is 5. The van der Waals surface area contributed by atoms with Crippen LogP contribution in [0.3, 0.4) is 0 Å². The summed E-state index contributed by atoms with van der Waals surface area (Å²) < 4.78 is 5.77. The summed E-state index contributed by atoms with van der Waals surface area (Å²) in [6.45, 7) is 0.448. The summed E-state index contributed by atoms with van der Waals surface area (Å²) in [6.07, 6.45) is 2.07. The van der Waals surface area contributed by atoms with Crippen LogP contribution in [0, 0.1) is 11.3 Å². The first-order valence-corrected chi connectivity index (χ1v) is 8.86. The summed E-state index contributed by atoms with van der Waals surface area (Å²) in [5, 5.41) is 11.7. The minimum absolute atomic E-state index is 0.129. The number of benzene rings is 2. The molecule has 0 aliphatic rings. The van der Waals surface area contributed by atoms with Crippen LogP contribution in [0.2, 0.25) is 0 Å². The molecule has 29 heavy (non-hydrogen) atoms. The highest BCUT2D eigenvalue weighted by atomic mass is 16.5. The highest BCUT2D eigenvalue weighted by Crippen LogP contribution is 2.22. The van der Waals surface area contributed by atoms with Gasteiger partial charge in [0, 0.05) is 24.4 Å². The molecule has 0 fully saturated rings. The number of carbonyl (C=O) groups is 2. The van der Waals surface area contributed by atoms with Crippen molar-refractivity contribution in [2.45, 2.75) is 6.42 Å². The van der Waals surface area contributed by atoms with E-state index in [1.54, 1.807) is 36.4 Å². The lowest BCUT2D eigenvalue weighted by molar-refractivity contribution is 0.0952. The van der Waals surface area contributed by atoms with Crippen LogP contribution in [-0.2, 0) is 6.42 Å². The number of nitrogens with zero attached hydrogens (tertiary/aromatic N) is 2. The summed E-state index contributed by atoms with van der Waals surface area (Å²) in [7, 11) is 0. The van der Waals surface area contributed by atoms with Crippen LogP contribution in [0.1, 0.15) is 32.0 Å². The lowest BCUT2D eigenvalue weighted by atomic mass is 10.1. The van der Waals surface area contributed by atoms with Crippen LogP contribution in [0.4, 0.5) is 0 Å². The van der Waals surface area contributed by atoms with E-state index in [-0.39, 0.29) is 11.6 Å². The number of primary amides is 1. The number of pyridine rings is 1. The van der Waals surface area contributed by atoms with E-state index in [0.29, 0.717) is 35.6 Å². The molecule has 1 heterocycles. The lowest BCUT2D eigenvalue weighted by Gasteiger charge is -2.09. The molecule has 144 valence electrons. The van der Waals surface area contributed by atoms with Crippen molar-refractivity contribution in [3.8, 4) is 17.6 Å². The van der Waals surface area contributed by atoms with Crippen molar-refractivity contribution in [3.63, 3.8) is 0 Å². The van der Waals surface area contributed by atoms with Gasteiger partial charge in [-0.3, -0.25) is 14.6 Å². The number of nitriles is 1. The number of rotatable bonds is 7. The topological polar surface area (TPSA) is 118 Å². The first-order chi connectivity index (χ1) is 14.0. The second-order valence-electron chi connectivity index (χ2n) is 6.19. The zero-order valence-electron chi connectivity index (χ0n) is 15.5. The van der Waals surface area contributed by atoms with E-state index >= 15 is 0 Å². The van der Waals surface area contributed by atoms with Crippen molar-refractivity contribution in [2.75, 3.05) is 6.54 Å². The lowest BCUT2D eigenvalue weighted by Crippen LogP contribution is -2.25. The largest absolute Gasteiger partial charge is 0.457 e. The Morgan fingerprint density at radius 1 is 1.07 bits per heavy atom. The summed E-state index contributed by atoms with van der Waals surface area (Å²) in [4.78, 5) is 27.3. The highest BCUT2D eigenvalue weighted by Gasteiger charge is 2.07. The van der Waals surface area contributed by atoms with Crippen LogP contribution < -0.4 is 15.8 Å². The number of ether oxygens (including phenoxy) is 1. The van der Waals surface area contributed by atoms with Gasteiger partial charge in [-0.25, -0.2) is 0 Å². The maximum atomic E-state index is 12.2. The SMILES string of the molecule is N#Cc1ccc(C(=O)NCCc2cccc(Oc3ccnc(C(N)=O)c3)c2)cc1. The third kappa shape index (κ3) is 5.40. The van der Waals surface area contributed by atoms with Crippen LogP contribution >= 0.6 is 0 Å². The van der Waals surface area contributed by atoms with Crippen molar-refractivity contribution in [3.05, 3.63) is 89.2 Å². The highest BCUT2D eigenvalue weighted by molar-refractivity contribution is 5.94. The Labute approximate surface area is 167 Å². The molecular weight excluding hydrogens is 368 g/mol. The molecule has 0 aliphatic heterocycles. The molecule has 7 heteroatoms. The first-order valence-electron chi connectivity index (χ1n) is 8.86. The predicted octanol–water partition coefficient (Wildman–Crippen LogP) is 2.82. The number of hydrogen-bond donors (Lipinski definition) is 2. The van der Waals surface area contributed by atoms with E-state index in [9.17, 15) is 9.59 Å². The van der Waals surface area contributed by atoms with Crippen LogP contribution in [0.25, 0.3) is 0 Å². The third-order valence-electron chi connectivity index (χ3n) is 4.09. The average molecular weight is 386 g/mol. The number of aromatic nitrogens is 1. The molecule has 0 atom stereocenters. The smallest absolute Gasteiger partial charge is 0.267 e. The molecule has 3 N–H and O–H groups in total. The second-order valence-corrected chi connectivity index (χ2v) is 6.19. The van der Waals surface area contributed by atoms with Crippen LogP contribution in [0.5, 0.6) is 11.5 Å². The van der Waals surface area contributed by atoms with Gasteiger partial charge >= 0.3 is 0 Å². The van der Waals surface area contributed by atoms with E-state index < -0.39 is 5.91 Å².